The molecule has 0 bridgehead atoms. The molecule has 4 aliphatic rings. The first kappa shape index (κ1) is 19.1. The molecule has 0 radical (unpaired) electrons. The predicted octanol–water partition coefficient (Wildman–Crippen LogP) is 4.12. The van der Waals surface area contributed by atoms with Crippen molar-refractivity contribution in [2.75, 3.05) is 26.2 Å². The van der Waals surface area contributed by atoms with Crippen LogP contribution in [0, 0.1) is 18.8 Å². The van der Waals surface area contributed by atoms with E-state index in [0.717, 1.165) is 56.1 Å². The highest BCUT2D eigenvalue weighted by Gasteiger charge is 2.37. The summed E-state index contributed by atoms with van der Waals surface area (Å²) in [5.74, 6) is 2.37. The summed E-state index contributed by atoms with van der Waals surface area (Å²) in [7, 11) is 0. The first-order valence-corrected chi connectivity index (χ1v) is 12.2. The van der Waals surface area contributed by atoms with Gasteiger partial charge in [0, 0.05) is 42.0 Å². The lowest BCUT2D eigenvalue weighted by atomic mass is 9.76. The quantitative estimate of drug-likeness (QED) is 0.778. The Hall–Kier alpha value is -0.910. The number of hydrogen-bond acceptors (Lipinski definition) is 4. The van der Waals surface area contributed by atoms with Gasteiger partial charge in [0.2, 0.25) is 0 Å². The average molecular weight is 403 g/mol. The molecule has 3 fully saturated rings. The zero-order chi connectivity index (χ0) is 19.3. The third-order valence-electron chi connectivity index (χ3n) is 7.64. The van der Waals surface area contributed by atoms with Gasteiger partial charge in [-0.05, 0) is 75.2 Å². The molecule has 2 saturated carbocycles. The van der Waals surface area contributed by atoms with E-state index in [-0.39, 0.29) is 5.91 Å². The first-order valence-electron chi connectivity index (χ1n) is 11.4. The van der Waals surface area contributed by atoms with E-state index >= 15 is 0 Å². The Balaban J connectivity index is 1.14. The Morgan fingerprint density at radius 1 is 1.18 bits per heavy atom. The maximum atomic E-state index is 12.3. The molecule has 4 nitrogen and oxygen atoms in total. The monoisotopic (exact) mass is 402 g/mol. The number of nitrogens with one attached hydrogen (secondary N) is 1. The molecule has 1 aromatic heterocycles. The lowest BCUT2D eigenvalue weighted by Crippen LogP contribution is -2.57. The zero-order valence-electron chi connectivity index (χ0n) is 17.3. The molecule has 0 unspecified atom stereocenters. The van der Waals surface area contributed by atoms with Gasteiger partial charge in [0.1, 0.15) is 0 Å². The smallest absolute Gasteiger partial charge is 0.252 e. The summed E-state index contributed by atoms with van der Waals surface area (Å²) < 4.78 is 6.03. The molecule has 0 aromatic carbocycles. The number of carbonyl (C=O) groups is 1. The van der Waals surface area contributed by atoms with E-state index in [1.165, 1.54) is 53.8 Å². The van der Waals surface area contributed by atoms with Crippen molar-refractivity contribution in [3.05, 3.63) is 20.9 Å². The third kappa shape index (κ3) is 3.66. The van der Waals surface area contributed by atoms with Crippen molar-refractivity contribution >= 4 is 17.2 Å². The van der Waals surface area contributed by atoms with E-state index in [9.17, 15) is 4.79 Å². The summed E-state index contributed by atoms with van der Waals surface area (Å²) in [5, 5.41) is 3.02. The Morgan fingerprint density at radius 2 is 1.93 bits per heavy atom. The Bertz CT molecular complexity index is 727. The fourth-order valence-corrected chi connectivity index (χ4v) is 6.94. The van der Waals surface area contributed by atoms with Crippen molar-refractivity contribution in [1.82, 2.24) is 10.2 Å². The highest BCUT2D eigenvalue weighted by molar-refractivity contribution is 7.12. The minimum Gasteiger partial charge on any atom is -0.375 e. The van der Waals surface area contributed by atoms with Crippen molar-refractivity contribution in [2.24, 2.45) is 11.8 Å². The van der Waals surface area contributed by atoms with E-state index in [4.69, 9.17) is 4.74 Å². The summed E-state index contributed by atoms with van der Waals surface area (Å²) in [6.07, 6.45) is 9.58. The highest BCUT2D eigenvalue weighted by Crippen LogP contribution is 2.43. The van der Waals surface area contributed by atoms with Crippen LogP contribution in [0.1, 0.15) is 77.0 Å². The average Bonchev–Trinajstić information content (AvgIpc) is 3.43. The zero-order valence-corrected chi connectivity index (χ0v) is 18.2. The van der Waals surface area contributed by atoms with E-state index in [1.54, 1.807) is 0 Å². The van der Waals surface area contributed by atoms with Crippen LogP contribution in [0.25, 0.3) is 0 Å². The van der Waals surface area contributed by atoms with Crippen molar-refractivity contribution in [1.29, 1.82) is 0 Å². The molecule has 0 spiro atoms. The Morgan fingerprint density at radius 3 is 2.61 bits per heavy atom. The number of amides is 1. The first-order chi connectivity index (χ1) is 13.6. The molecule has 2 aliphatic carbocycles. The van der Waals surface area contributed by atoms with Crippen LogP contribution in [0.5, 0.6) is 0 Å². The second-order valence-corrected chi connectivity index (χ2v) is 10.7. The predicted molar refractivity (Wildman–Crippen MR) is 113 cm³/mol. The van der Waals surface area contributed by atoms with Crippen LogP contribution >= 0.6 is 11.3 Å². The van der Waals surface area contributed by atoms with Gasteiger partial charge in [-0.3, -0.25) is 9.69 Å². The SMILES string of the molecule is Cc1c([C@H](C)[C@H]2CC[C@H](N3CC(OCC4CC4)C3)CC2)sc2c1C(=O)NCC2. The van der Waals surface area contributed by atoms with Crippen molar-refractivity contribution in [3.8, 4) is 0 Å². The maximum Gasteiger partial charge on any atom is 0.252 e. The van der Waals surface area contributed by atoms with Crippen LogP contribution in [-0.4, -0.2) is 49.2 Å². The van der Waals surface area contributed by atoms with Crippen LogP contribution in [0.2, 0.25) is 0 Å². The molecule has 154 valence electrons. The molecule has 1 aromatic rings. The van der Waals surface area contributed by atoms with E-state index in [2.05, 4.69) is 24.1 Å². The molecule has 1 saturated heterocycles. The van der Waals surface area contributed by atoms with Gasteiger partial charge in [-0.15, -0.1) is 11.3 Å². The molecule has 3 heterocycles. The highest BCUT2D eigenvalue weighted by atomic mass is 32.1. The van der Waals surface area contributed by atoms with Gasteiger partial charge >= 0.3 is 0 Å². The number of thiophene rings is 1. The van der Waals surface area contributed by atoms with Crippen LogP contribution in [0.3, 0.4) is 0 Å². The minimum atomic E-state index is 0.147. The summed E-state index contributed by atoms with van der Waals surface area (Å²) in [6, 6.07) is 0.771. The van der Waals surface area contributed by atoms with E-state index < -0.39 is 0 Å². The molecular formula is C23H34N2O2S. The fraction of sp³-hybridized carbons (Fsp3) is 0.783. The standard InChI is InChI=1S/C23H34N2O2S/c1-14(22-15(2)21-20(28-22)9-10-24-23(21)26)17-5-7-18(8-6-17)25-11-19(12-25)27-13-16-3-4-16/h14,16-19H,3-13H2,1-2H3,(H,24,26)/t14-,17-,18-/m1/s1. The number of rotatable bonds is 6. The second kappa shape index (κ2) is 7.73. The summed E-state index contributed by atoms with van der Waals surface area (Å²) in [5.41, 5.74) is 2.25. The van der Waals surface area contributed by atoms with Crippen LogP contribution in [0.4, 0.5) is 0 Å². The number of likely N-dealkylation sites (tertiary alicyclic amines) is 1. The lowest BCUT2D eigenvalue weighted by Gasteiger charge is -2.46. The number of fused-ring (bicyclic) bond motifs is 1. The molecule has 1 amide bonds. The van der Waals surface area contributed by atoms with Gasteiger partial charge in [0.15, 0.2) is 0 Å². The third-order valence-corrected chi connectivity index (χ3v) is 9.19. The maximum absolute atomic E-state index is 12.3. The summed E-state index contributed by atoms with van der Waals surface area (Å²) in [6.45, 7) is 8.68. The second-order valence-electron chi connectivity index (χ2n) is 9.61. The Kier molecular flexibility index (Phi) is 5.27. The number of ether oxygens (including phenoxy) is 1. The van der Waals surface area contributed by atoms with Gasteiger partial charge in [-0.25, -0.2) is 0 Å². The Labute approximate surface area is 173 Å². The van der Waals surface area contributed by atoms with Gasteiger partial charge < -0.3 is 10.1 Å². The summed E-state index contributed by atoms with van der Waals surface area (Å²) in [4.78, 5) is 17.7. The molecule has 5 heteroatoms. The normalized spacial score (nSPS) is 29.9. The van der Waals surface area contributed by atoms with Crippen molar-refractivity contribution < 1.29 is 9.53 Å². The van der Waals surface area contributed by atoms with Crippen molar-refractivity contribution in [3.63, 3.8) is 0 Å². The molecule has 1 atom stereocenters. The molecular weight excluding hydrogens is 368 g/mol. The fourth-order valence-electron chi connectivity index (χ4n) is 5.49. The molecule has 1 N–H and O–H groups in total. The van der Waals surface area contributed by atoms with Gasteiger partial charge in [-0.2, -0.15) is 0 Å². The molecule has 28 heavy (non-hydrogen) atoms. The summed E-state index contributed by atoms with van der Waals surface area (Å²) >= 11 is 1.92. The minimum absolute atomic E-state index is 0.147. The van der Waals surface area contributed by atoms with E-state index in [1.807, 2.05) is 11.3 Å². The number of hydrogen-bond donors (Lipinski definition) is 1. The number of carbonyl (C=O) groups excluding carboxylic acids is 1. The lowest BCUT2D eigenvalue weighted by molar-refractivity contribution is -0.0820. The van der Waals surface area contributed by atoms with Gasteiger partial charge in [0.05, 0.1) is 11.7 Å². The van der Waals surface area contributed by atoms with Crippen LogP contribution in [0.15, 0.2) is 0 Å². The molecule has 5 rings (SSSR count). The van der Waals surface area contributed by atoms with Crippen LogP contribution < -0.4 is 5.32 Å². The van der Waals surface area contributed by atoms with Crippen molar-refractivity contribution in [2.45, 2.75) is 76.9 Å². The van der Waals surface area contributed by atoms with Gasteiger partial charge in [-0.1, -0.05) is 6.92 Å². The number of nitrogens with zero attached hydrogens (tertiary/aromatic N) is 1. The largest absolute Gasteiger partial charge is 0.375 e. The van der Waals surface area contributed by atoms with Gasteiger partial charge in [0.25, 0.3) is 5.91 Å². The topological polar surface area (TPSA) is 41.6 Å². The van der Waals surface area contributed by atoms with E-state index in [0.29, 0.717) is 12.0 Å². The molecule has 2 aliphatic heterocycles. The van der Waals surface area contributed by atoms with Crippen LogP contribution in [-0.2, 0) is 11.2 Å².